The van der Waals surface area contributed by atoms with Crippen molar-refractivity contribution >= 4 is 18.0 Å². The van der Waals surface area contributed by atoms with E-state index in [1.54, 1.807) is 4.90 Å². The van der Waals surface area contributed by atoms with Gasteiger partial charge in [0.2, 0.25) is 5.91 Å². The van der Waals surface area contributed by atoms with Crippen LogP contribution in [0, 0.1) is 0 Å². The number of nitrogens with zero attached hydrogens (tertiary/aromatic N) is 1. The monoisotopic (exact) mass is 448 g/mol. The summed E-state index contributed by atoms with van der Waals surface area (Å²) in [5, 5.41) is 11.9. The maximum Gasteiger partial charge on any atom is 0.407 e. The Morgan fingerprint density at radius 2 is 1.61 bits per heavy atom. The fraction of sp³-hybridized carbons (Fsp3) is 0.423. The number of amides is 2. The number of hydrogen-bond donors (Lipinski definition) is 2. The Hall–Kier alpha value is -3.35. The topological polar surface area (TPSA) is 95.9 Å². The summed E-state index contributed by atoms with van der Waals surface area (Å²) in [5.41, 5.74) is 4.08. The Morgan fingerprint density at radius 3 is 2.15 bits per heavy atom. The Bertz CT molecular complexity index is 1040. The van der Waals surface area contributed by atoms with Crippen molar-refractivity contribution in [1.29, 1.82) is 0 Å². The van der Waals surface area contributed by atoms with Crippen LogP contribution in [0.3, 0.4) is 0 Å². The highest BCUT2D eigenvalue weighted by Crippen LogP contribution is 2.45. The second-order valence-corrected chi connectivity index (χ2v) is 9.37. The summed E-state index contributed by atoms with van der Waals surface area (Å²) in [5.74, 6) is -1.01. The zero-order chi connectivity index (χ0) is 23.0. The standard InChI is InChI=1S/C26H28N2O5/c29-23(28(17-9-10-17)14-11-24(30)31)15-26(12-13-26)27-25(32)33-16-22-20-7-3-1-5-18(20)19-6-2-4-8-21(19)22/h1-8,17,22H,9-16H2,(H,27,32)(H,30,31). The number of fused-ring (bicyclic) bond motifs is 3. The van der Waals surface area contributed by atoms with Crippen molar-refractivity contribution in [2.75, 3.05) is 13.2 Å². The van der Waals surface area contributed by atoms with Gasteiger partial charge in [0, 0.05) is 18.5 Å². The van der Waals surface area contributed by atoms with Crippen molar-refractivity contribution in [2.24, 2.45) is 0 Å². The third-order valence-electron chi connectivity index (χ3n) is 6.93. The number of hydrogen-bond acceptors (Lipinski definition) is 4. The van der Waals surface area contributed by atoms with Crippen molar-refractivity contribution in [3.05, 3.63) is 59.7 Å². The number of aliphatic carboxylic acids is 1. The number of carbonyl (C=O) groups is 3. The highest BCUT2D eigenvalue weighted by atomic mass is 16.5. The molecule has 2 aromatic carbocycles. The van der Waals surface area contributed by atoms with Gasteiger partial charge in [-0.25, -0.2) is 4.79 Å². The van der Waals surface area contributed by atoms with Crippen LogP contribution in [0.15, 0.2) is 48.5 Å². The van der Waals surface area contributed by atoms with Crippen LogP contribution in [0.4, 0.5) is 4.79 Å². The molecule has 7 nitrogen and oxygen atoms in total. The van der Waals surface area contributed by atoms with Gasteiger partial charge in [0.25, 0.3) is 0 Å². The molecular formula is C26H28N2O5. The molecule has 0 unspecified atom stereocenters. The number of ether oxygens (including phenoxy) is 1. The van der Waals surface area contributed by atoms with E-state index < -0.39 is 17.6 Å². The van der Waals surface area contributed by atoms with E-state index in [9.17, 15) is 14.4 Å². The fourth-order valence-corrected chi connectivity index (χ4v) is 4.85. The molecule has 0 bridgehead atoms. The zero-order valence-electron chi connectivity index (χ0n) is 18.5. The minimum atomic E-state index is -0.911. The van der Waals surface area contributed by atoms with E-state index in [2.05, 4.69) is 29.6 Å². The van der Waals surface area contributed by atoms with Crippen LogP contribution < -0.4 is 5.32 Å². The molecule has 0 aromatic heterocycles. The van der Waals surface area contributed by atoms with Crippen LogP contribution in [0.2, 0.25) is 0 Å². The minimum absolute atomic E-state index is 0.0127. The predicted octanol–water partition coefficient (Wildman–Crippen LogP) is 3.91. The molecule has 2 saturated carbocycles. The van der Waals surface area contributed by atoms with E-state index in [4.69, 9.17) is 9.84 Å². The number of nitrogens with one attached hydrogen (secondary N) is 1. The Balaban J connectivity index is 1.19. The van der Waals surface area contributed by atoms with E-state index in [-0.39, 0.29) is 43.9 Å². The van der Waals surface area contributed by atoms with E-state index in [1.807, 2.05) is 24.3 Å². The van der Waals surface area contributed by atoms with Crippen LogP contribution >= 0.6 is 0 Å². The molecule has 5 rings (SSSR count). The first-order valence-electron chi connectivity index (χ1n) is 11.6. The molecule has 7 heteroatoms. The SMILES string of the molecule is O=C(O)CCN(C(=O)CC1(NC(=O)OCC2c3ccccc3-c3ccccc32)CC1)C1CC1. The largest absolute Gasteiger partial charge is 0.481 e. The number of carboxylic acids is 1. The second kappa shape index (κ2) is 8.54. The van der Waals surface area contributed by atoms with Crippen molar-refractivity contribution in [3.8, 4) is 11.1 Å². The molecule has 0 saturated heterocycles. The molecule has 2 aromatic rings. The van der Waals surface area contributed by atoms with Crippen LogP contribution in [0.25, 0.3) is 11.1 Å². The van der Waals surface area contributed by atoms with Gasteiger partial charge in [0.05, 0.1) is 18.4 Å². The summed E-state index contributed by atoms with van der Waals surface area (Å²) in [6.07, 6.45) is 2.89. The van der Waals surface area contributed by atoms with Crippen LogP contribution in [0.5, 0.6) is 0 Å². The highest BCUT2D eigenvalue weighted by Gasteiger charge is 2.48. The van der Waals surface area contributed by atoms with Crippen molar-refractivity contribution in [3.63, 3.8) is 0 Å². The van der Waals surface area contributed by atoms with Crippen LogP contribution in [0.1, 0.15) is 55.6 Å². The quantitative estimate of drug-likeness (QED) is 0.606. The van der Waals surface area contributed by atoms with Crippen molar-refractivity contribution < 1.29 is 24.2 Å². The predicted molar refractivity (Wildman–Crippen MR) is 122 cm³/mol. The first kappa shape index (κ1) is 21.5. The minimum Gasteiger partial charge on any atom is -0.481 e. The van der Waals surface area contributed by atoms with E-state index in [0.717, 1.165) is 36.8 Å². The molecule has 172 valence electrons. The normalized spacial score (nSPS) is 17.6. The molecule has 3 aliphatic carbocycles. The molecule has 0 atom stereocenters. The number of carbonyl (C=O) groups excluding carboxylic acids is 2. The van der Waals surface area contributed by atoms with E-state index >= 15 is 0 Å². The number of rotatable bonds is 9. The molecule has 33 heavy (non-hydrogen) atoms. The highest BCUT2D eigenvalue weighted by molar-refractivity contribution is 5.81. The lowest BCUT2D eigenvalue weighted by molar-refractivity contribution is -0.138. The number of carboxylic acid groups (broad SMARTS) is 1. The molecule has 2 N–H and O–H groups in total. The van der Waals surface area contributed by atoms with Crippen LogP contribution in [-0.2, 0) is 14.3 Å². The van der Waals surface area contributed by atoms with Gasteiger partial charge in [-0.05, 0) is 47.9 Å². The molecule has 0 aliphatic heterocycles. The van der Waals surface area contributed by atoms with Gasteiger partial charge in [-0.2, -0.15) is 0 Å². The molecule has 3 aliphatic rings. The Kier molecular flexibility index (Phi) is 5.56. The molecule has 0 heterocycles. The summed E-state index contributed by atoms with van der Waals surface area (Å²) in [7, 11) is 0. The maximum atomic E-state index is 12.9. The van der Waals surface area contributed by atoms with Crippen LogP contribution in [-0.4, -0.2) is 52.7 Å². The molecule has 2 amide bonds. The zero-order valence-corrected chi connectivity index (χ0v) is 18.5. The van der Waals surface area contributed by atoms with Gasteiger partial charge in [0.1, 0.15) is 6.61 Å². The third kappa shape index (κ3) is 4.58. The number of benzene rings is 2. The first-order chi connectivity index (χ1) is 16.0. The average Bonchev–Trinajstić information content (AvgIpc) is 3.72. The summed E-state index contributed by atoms with van der Waals surface area (Å²) in [6, 6.07) is 16.5. The maximum absolute atomic E-state index is 12.9. The van der Waals surface area contributed by atoms with Gasteiger partial charge in [0.15, 0.2) is 0 Å². The fourth-order valence-electron chi connectivity index (χ4n) is 4.85. The van der Waals surface area contributed by atoms with Gasteiger partial charge in [-0.3, -0.25) is 9.59 Å². The summed E-state index contributed by atoms with van der Waals surface area (Å²) in [6.45, 7) is 0.455. The summed E-state index contributed by atoms with van der Waals surface area (Å²) >= 11 is 0. The average molecular weight is 449 g/mol. The molecule has 0 spiro atoms. The second-order valence-electron chi connectivity index (χ2n) is 9.37. The third-order valence-corrected chi connectivity index (χ3v) is 6.93. The summed E-state index contributed by atoms with van der Waals surface area (Å²) in [4.78, 5) is 38.1. The first-order valence-corrected chi connectivity index (χ1v) is 11.6. The summed E-state index contributed by atoms with van der Waals surface area (Å²) < 4.78 is 5.64. The lowest BCUT2D eigenvalue weighted by Gasteiger charge is -2.25. The molecule has 0 radical (unpaired) electrons. The van der Waals surface area contributed by atoms with Crippen molar-refractivity contribution in [2.45, 2.75) is 56.0 Å². The molecular weight excluding hydrogens is 420 g/mol. The lowest BCUT2D eigenvalue weighted by Crippen LogP contribution is -2.44. The molecule has 2 fully saturated rings. The van der Waals surface area contributed by atoms with Gasteiger partial charge < -0.3 is 20.1 Å². The van der Waals surface area contributed by atoms with E-state index in [0.29, 0.717) is 0 Å². The van der Waals surface area contributed by atoms with Gasteiger partial charge in [-0.1, -0.05) is 48.5 Å². The van der Waals surface area contributed by atoms with Gasteiger partial charge >= 0.3 is 12.1 Å². The Labute approximate surface area is 192 Å². The lowest BCUT2D eigenvalue weighted by atomic mass is 9.98. The Morgan fingerprint density at radius 1 is 1.00 bits per heavy atom. The number of alkyl carbamates (subject to hydrolysis) is 1. The van der Waals surface area contributed by atoms with Gasteiger partial charge in [-0.15, -0.1) is 0 Å². The van der Waals surface area contributed by atoms with Crippen molar-refractivity contribution in [1.82, 2.24) is 10.2 Å². The smallest absolute Gasteiger partial charge is 0.407 e. The van der Waals surface area contributed by atoms with E-state index in [1.165, 1.54) is 11.1 Å².